The second-order valence-corrected chi connectivity index (χ2v) is 19.6. The molecule has 4 aromatic carbocycles. The smallest absolute Gasteiger partial charge is 0.303 e. The maximum Gasteiger partial charge on any atom is 0.303 e. The third-order valence-corrected chi connectivity index (χ3v) is 14.1. The van der Waals surface area contributed by atoms with Crippen LogP contribution in [0.4, 0.5) is 0 Å². The van der Waals surface area contributed by atoms with Crippen molar-refractivity contribution < 1.29 is 28.6 Å². The minimum absolute atomic E-state index is 0.296. The summed E-state index contributed by atoms with van der Waals surface area (Å²) < 4.78 is 12.5. The van der Waals surface area contributed by atoms with Gasteiger partial charge in [0.05, 0.1) is 61.8 Å². The van der Waals surface area contributed by atoms with E-state index in [1.54, 1.807) is 0 Å². The number of benzene rings is 4. The van der Waals surface area contributed by atoms with E-state index in [-0.39, 0.29) is 12.8 Å². The summed E-state index contributed by atoms with van der Waals surface area (Å²) in [7, 11) is 0. The first-order valence-corrected chi connectivity index (χ1v) is 25.3. The lowest BCUT2D eigenvalue weighted by atomic mass is 9.98. The van der Waals surface area contributed by atoms with Crippen LogP contribution in [-0.2, 0) is 22.7 Å². The Bertz CT molecular complexity index is 3280. The molecule has 8 heterocycles. The number of aromatic amines is 4. The Morgan fingerprint density at radius 2 is 0.946 bits per heavy atom. The van der Waals surface area contributed by atoms with Crippen LogP contribution in [0.1, 0.15) is 52.1 Å². The number of aliphatic carboxylic acids is 2. The van der Waals surface area contributed by atoms with Gasteiger partial charge in [0.1, 0.15) is 11.5 Å². The summed E-state index contributed by atoms with van der Waals surface area (Å²) in [5.74, 6) is 0.927. The summed E-state index contributed by atoms with van der Waals surface area (Å²) in [5.41, 5.74) is 10.7. The molecule has 0 radical (unpaired) electrons. The van der Waals surface area contributed by atoms with Crippen molar-refractivity contribution in [2.24, 2.45) is 0 Å². The highest BCUT2D eigenvalue weighted by molar-refractivity contribution is 6.03. The number of fused-ring (bicyclic) bond motifs is 4. The second-order valence-electron chi connectivity index (χ2n) is 19.6. The fraction of sp³-hybridized carbons (Fsp3) is 0.321. The Hall–Kier alpha value is -7.90. The maximum atomic E-state index is 9.64. The van der Waals surface area contributed by atoms with E-state index in [1.165, 1.54) is 21.9 Å². The topological polar surface area (TPSA) is 229 Å². The Kier molecular flexibility index (Phi) is 14.8. The molecule has 10 aromatic rings. The summed E-state index contributed by atoms with van der Waals surface area (Å²) in [6.45, 7) is 19.2. The van der Waals surface area contributed by atoms with Crippen LogP contribution in [-0.4, -0.2) is 147 Å². The molecule has 2 saturated heterocycles. The summed E-state index contributed by atoms with van der Waals surface area (Å²) >= 11 is 0. The fourth-order valence-corrected chi connectivity index (χ4v) is 9.98. The molecule has 18 heteroatoms. The molecule has 18 nitrogen and oxygen atoms in total. The number of nitrogens with zero attached hydrogens (tertiary/aromatic N) is 8. The predicted octanol–water partition coefficient (Wildman–Crippen LogP) is 9.72. The second kappa shape index (κ2) is 22.1. The third kappa shape index (κ3) is 11.2. The van der Waals surface area contributed by atoms with E-state index in [9.17, 15) is 9.59 Å². The molecule has 74 heavy (non-hydrogen) atoms. The van der Waals surface area contributed by atoms with E-state index < -0.39 is 11.9 Å². The lowest BCUT2D eigenvalue weighted by Gasteiger charge is -2.36. The summed E-state index contributed by atoms with van der Waals surface area (Å²) in [6.07, 6.45) is 10.8. The Morgan fingerprint density at radius 1 is 0.527 bits per heavy atom. The highest BCUT2D eigenvalue weighted by atomic mass is 16.4. The molecule has 0 bridgehead atoms. The average Bonchev–Trinajstić information content (AvgIpc) is 4.27. The molecule has 6 aromatic heterocycles. The van der Waals surface area contributed by atoms with Crippen molar-refractivity contribution in [1.29, 1.82) is 0 Å². The van der Waals surface area contributed by atoms with E-state index in [2.05, 4.69) is 160 Å². The summed E-state index contributed by atoms with van der Waals surface area (Å²) in [5, 5.41) is 35.0. The Balaban J connectivity index is 0.000000148. The minimum atomic E-state index is -1.08. The van der Waals surface area contributed by atoms with E-state index in [4.69, 9.17) is 19.0 Å². The predicted molar refractivity (Wildman–Crippen MR) is 286 cm³/mol. The van der Waals surface area contributed by atoms with Crippen molar-refractivity contribution in [1.82, 2.24) is 59.9 Å². The molecule has 2 fully saturated rings. The van der Waals surface area contributed by atoms with Gasteiger partial charge in [-0.05, 0) is 98.5 Å². The van der Waals surface area contributed by atoms with Gasteiger partial charge in [-0.3, -0.25) is 39.4 Å². The third-order valence-electron chi connectivity index (χ3n) is 14.1. The first-order chi connectivity index (χ1) is 35.9. The Labute approximate surface area is 427 Å². The zero-order valence-electron chi connectivity index (χ0n) is 42.1. The lowest BCUT2D eigenvalue weighted by Crippen LogP contribution is -2.48. The zero-order valence-corrected chi connectivity index (χ0v) is 42.1. The highest BCUT2D eigenvalue weighted by Gasteiger charge is 2.23. The molecule has 0 aliphatic carbocycles. The number of carboxylic acid groups (broad SMARTS) is 2. The molecule has 2 aliphatic heterocycles. The molecule has 382 valence electrons. The standard InChI is InChI=1S/2C26H28N6O.C4H6O4/c2*1-17(2)32-10-8-31(9-11-32)16-19-14-28-26(33-19)22-12-18(13-25-23(22)15-29-30-25)20-4-3-5-24-21(20)6-7-27-24;5-3(6)1-2-4(7)8/h2*3-7,12-15,17,27H,8-11,16H2,1-2H3,(H,29,30);1-2H2,(H,5,6)(H,7,8). The molecule has 0 amide bonds. The van der Waals surface area contributed by atoms with Gasteiger partial charge in [-0.1, -0.05) is 24.3 Å². The molecule has 0 atom stereocenters. The van der Waals surface area contributed by atoms with Crippen molar-refractivity contribution in [3.63, 3.8) is 0 Å². The van der Waals surface area contributed by atoms with Gasteiger partial charge in [0.2, 0.25) is 11.8 Å². The number of rotatable bonds is 13. The first kappa shape index (κ1) is 49.7. The minimum Gasteiger partial charge on any atom is -0.481 e. The van der Waals surface area contributed by atoms with Gasteiger partial charge in [0, 0.05) is 121 Å². The first-order valence-electron chi connectivity index (χ1n) is 25.3. The molecule has 12 rings (SSSR count). The van der Waals surface area contributed by atoms with Crippen molar-refractivity contribution >= 4 is 55.6 Å². The van der Waals surface area contributed by atoms with Crippen molar-refractivity contribution in [3.8, 4) is 45.2 Å². The zero-order chi connectivity index (χ0) is 51.3. The van der Waals surface area contributed by atoms with Gasteiger partial charge in [-0.2, -0.15) is 10.2 Å². The van der Waals surface area contributed by atoms with Crippen LogP contribution in [0.3, 0.4) is 0 Å². The largest absolute Gasteiger partial charge is 0.481 e. The van der Waals surface area contributed by atoms with E-state index in [0.29, 0.717) is 23.9 Å². The average molecular weight is 999 g/mol. The van der Waals surface area contributed by atoms with Crippen molar-refractivity contribution in [2.75, 3.05) is 52.4 Å². The fourth-order valence-electron chi connectivity index (χ4n) is 9.98. The maximum absolute atomic E-state index is 9.64. The van der Waals surface area contributed by atoms with Gasteiger partial charge in [0.15, 0.2) is 0 Å². The van der Waals surface area contributed by atoms with Crippen LogP contribution >= 0.6 is 0 Å². The number of hydrogen-bond acceptors (Lipinski definition) is 12. The highest BCUT2D eigenvalue weighted by Crippen LogP contribution is 2.38. The molecule has 6 N–H and O–H groups in total. The Morgan fingerprint density at radius 3 is 1.34 bits per heavy atom. The van der Waals surface area contributed by atoms with Gasteiger partial charge in [-0.25, -0.2) is 9.97 Å². The summed E-state index contributed by atoms with van der Waals surface area (Å²) in [6, 6.07) is 26.7. The van der Waals surface area contributed by atoms with Crippen LogP contribution < -0.4 is 0 Å². The monoisotopic (exact) mass is 998 g/mol. The molecule has 0 saturated carbocycles. The number of carbonyl (C=O) groups is 2. The number of piperazine rings is 2. The molecule has 0 spiro atoms. The van der Waals surface area contributed by atoms with Crippen LogP contribution in [0.2, 0.25) is 0 Å². The van der Waals surface area contributed by atoms with Gasteiger partial charge >= 0.3 is 11.9 Å². The number of aromatic nitrogens is 8. The number of carboxylic acids is 2. The molecular formula is C56H62N12O6. The molecule has 2 aliphatic rings. The van der Waals surface area contributed by atoms with Crippen molar-refractivity contribution in [2.45, 2.75) is 65.7 Å². The van der Waals surface area contributed by atoms with Crippen LogP contribution in [0.15, 0.2) is 119 Å². The molecular weight excluding hydrogens is 937 g/mol. The quantitative estimate of drug-likeness (QED) is 0.0632. The van der Waals surface area contributed by atoms with E-state index in [0.717, 1.165) is 132 Å². The molecule has 0 unspecified atom stereocenters. The van der Waals surface area contributed by atoms with E-state index in [1.807, 2.05) is 37.2 Å². The summed E-state index contributed by atoms with van der Waals surface area (Å²) in [4.78, 5) is 45.1. The van der Waals surface area contributed by atoms with Gasteiger partial charge in [-0.15, -0.1) is 0 Å². The van der Waals surface area contributed by atoms with Crippen molar-refractivity contribution in [3.05, 3.63) is 121 Å². The van der Waals surface area contributed by atoms with Crippen LogP contribution in [0.5, 0.6) is 0 Å². The number of H-pyrrole nitrogens is 4. The SMILES string of the molecule is CC(C)N1CCN(Cc2cnc(-c3cc(-c4cccc5[nH]ccc45)cc4[nH]ncc34)o2)CC1.CC(C)N1CCN(Cc2cnc(-c3cc(-c4cccc5[nH]ccc45)cc4[nH]ncc34)o2)CC1.O=C(O)CCC(=O)O. The van der Waals surface area contributed by atoms with Crippen LogP contribution in [0.25, 0.3) is 88.8 Å². The van der Waals surface area contributed by atoms with Gasteiger partial charge in [0.25, 0.3) is 0 Å². The lowest BCUT2D eigenvalue weighted by molar-refractivity contribution is -0.143. The normalized spacial score (nSPS) is 15.1. The van der Waals surface area contributed by atoms with Crippen LogP contribution in [0, 0.1) is 0 Å². The van der Waals surface area contributed by atoms with E-state index >= 15 is 0 Å². The number of hydrogen-bond donors (Lipinski definition) is 6. The number of oxazole rings is 2. The van der Waals surface area contributed by atoms with Gasteiger partial charge < -0.3 is 29.0 Å². The number of nitrogens with one attached hydrogen (secondary N) is 4.